The average Bonchev–Trinajstić information content (AvgIpc) is 2.84. The largest absolute Gasteiger partial charge is 0.386 e. The Bertz CT molecular complexity index is 1110. The molecule has 2 unspecified atom stereocenters. The summed E-state index contributed by atoms with van der Waals surface area (Å²) >= 11 is 3.46. The van der Waals surface area contributed by atoms with E-state index in [1.807, 2.05) is 0 Å². The van der Waals surface area contributed by atoms with Crippen molar-refractivity contribution in [1.29, 1.82) is 5.26 Å². The van der Waals surface area contributed by atoms with Gasteiger partial charge in [-0.3, -0.25) is 4.90 Å². The van der Waals surface area contributed by atoms with E-state index in [-0.39, 0.29) is 5.92 Å². The maximum Gasteiger partial charge on any atom is 0.118 e. The first-order valence-electron chi connectivity index (χ1n) is 10.8. The first kappa shape index (κ1) is 22.7. The van der Waals surface area contributed by atoms with Gasteiger partial charge in [0.2, 0.25) is 0 Å². The van der Waals surface area contributed by atoms with Crippen LogP contribution in [0.3, 0.4) is 0 Å². The highest BCUT2D eigenvalue weighted by Crippen LogP contribution is 2.43. The smallest absolute Gasteiger partial charge is 0.118 e. The van der Waals surface area contributed by atoms with E-state index in [2.05, 4.69) is 85.0 Å². The minimum atomic E-state index is -0.451. The standard InChI is InChI=1S/C26H28N4S2/c1-4-30-15-19(13-17-5-9-20(31-2)10-6-17)25-23(16-30)24(22(14-27)26(28)29-25)18-7-11-21(32-3)12-8-18/h5-13,22,24H,4,15-16H2,1-3H3,(H2,28,29)/b19-13+. The van der Waals surface area contributed by atoms with Gasteiger partial charge in [0.05, 0.1) is 11.8 Å². The van der Waals surface area contributed by atoms with Gasteiger partial charge in [0.1, 0.15) is 11.8 Å². The lowest BCUT2D eigenvalue weighted by molar-refractivity contribution is 0.318. The van der Waals surface area contributed by atoms with Gasteiger partial charge in [-0.15, -0.1) is 23.5 Å². The predicted octanol–water partition coefficient (Wildman–Crippen LogP) is 5.40. The molecule has 4 rings (SSSR count). The van der Waals surface area contributed by atoms with Crippen LogP contribution in [0.25, 0.3) is 6.08 Å². The number of likely N-dealkylation sites (N-methyl/N-ethyl adjacent to an activating group) is 1. The van der Waals surface area contributed by atoms with Gasteiger partial charge in [-0.25, -0.2) is 4.99 Å². The maximum atomic E-state index is 9.99. The SMILES string of the molecule is CCN1CC2=C(N=C(N)C(C#N)C2c2ccc(SC)cc2)/C(=C/c2ccc(SC)cc2)C1. The summed E-state index contributed by atoms with van der Waals surface area (Å²) in [4.78, 5) is 9.66. The van der Waals surface area contributed by atoms with Crippen molar-refractivity contribution < 1.29 is 0 Å². The van der Waals surface area contributed by atoms with E-state index in [4.69, 9.17) is 10.7 Å². The summed E-state index contributed by atoms with van der Waals surface area (Å²) in [5.41, 5.74) is 12.0. The molecule has 0 saturated heterocycles. The van der Waals surface area contributed by atoms with Gasteiger partial charge in [-0.05, 0) is 71.7 Å². The van der Waals surface area contributed by atoms with Crippen LogP contribution >= 0.6 is 23.5 Å². The number of aliphatic imine (C=N–C) groups is 1. The summed E-state index contributed by atoms with van der Waals surface area (Å²) in [5.74, 6) is -0.119. The number of nitrogens with zero attached hydrogens (tertiary/aromatic N) is 3. The van der Waals surface area contributed by atoms with E-state index in [1.165, 1.54) is 15.4 Å². The number of hydrogen-bond acceptors (Lipinski definition) is 6. The van der Waals surface area contributed by atoms with Gasteiger partial charge in [-0.1, -0.05) is 31.2 Å². The van der Waals surface area contributed by atoms with Crippen molar-refractivity contribution in [2.45, 2.75) is 22.6 Å². The van der Waals surface area contributed by atoms with E-state index in [0.29, 0.717) is 5.84 Å². The number of rotatable bonds is 5. The summed E-state index contributed by atoms with van der Waals surface area (Å²) in [6.07, 6.45) is 6.38. The quantitative estimate of drug-likeness (QED) is 0.606. The van der Waals surface area contributed by atoms with Gasteiger partial charge >= 0.3 is 0 Å². The van der Waals surface area contributed by atoms with Crippen LogP contribution in [-0.2, 0) is 0 Å². The highest BCUT2D eigenvalue weighted by atomic mass is 32.2. The first-order valence-corrected chi connectivity index (χ1v) is 13.2. The Morgan fingerprint density at radius 2 is 1.69 bits per heavy atom. The fourth-order valence-electron chi connectivity index (χ4n) is 4.44. The van der Waals surface area contributed by atoms with Crippen LogP contribution < -0.4 is 5.73 Å². The molecule has 0 aliphatic carbocycles. The molecule has 2 aliphatic heterocycles. The zero-order valence-corrected chi connectivity index (χ0v) is 20.3. The van der Waals surface area contributed by atoms with Crippen LogP contribution in [0.15, 0.2) is 80.2 Å². The molecule has 32 heavy (non-hydrogen) atoms. The van der Waals surface area contributed by atoms with Crippen LogP contribution in [0, 0.1) is 17.2 Å². The number of amidine groups is 1. The monoisotopic (exact) mass is 460 g/mol. The third kappa shape index (κ3) is 4.52. The van der Waals surface area contributed by atoms with Crippen molar-refractivity contribution in [2.24, 2.45) is 16.6 Å². The summed E-state index contributed by atoms with van der Waals surface area (Å²) in [5, 5.41) is 9.99. The molecule has 2 aliphatic rings. The molecule has 6 heteroatoms. The third-order valence-electron chi connectivity index (χ3n) is 6.18. The number of nitriles is 1. The summed E-state index contributed by atoms with van der Waals surface area (Å²) in [6, 6.07) is 19.6. The van der Waals surface area contributed by atoms with Gasteiger partial charge in [-0.2, -0.15) is 5.26 Å². The molecular weight excluding hydrogens is 432 g/mol. The van der Waals surface area contributed by atoms with E-state index >= 15 is 0 Å². The van der Waals surface area contributed by atoms with Gasteiger partial charge in [0.15, 0.2) is 0 Å². The molecule has 2 N–H and O–H groups in total. The van der Waals surface area contributed by atoms with Crippen LogP contribution in [0.1, 0.15) is 24.0 Å². The third-order valence-corrected chi connectivity index (χ3v) is 7.67. The van der Waals surface area contributed by atoms with Crippen molar-refractivity contribution in [3.63, 3.8) is 0 Å². The molecule has 0 aromatic heterocycles. The Morgan fingerprint density at radius 3 is 2.25 bits per heavy atom. The second kappa shape index (κ2) is 9.99. The Hall–Kier alpha value is -2.46. The normalized spacial score (nSPS) is 22.4. The molecule has 4 nitrogen and oxygen atoms in total. The molecule has 0 amide bonds. The predicted molar refractivity (Wildman–Crippen MR) is 137 cm³/mol. The second-order valence-electron chi connectivity index (χ2n) is 8.01. The highest BCUT2D eigenvalue weighted by molar-refractivity contribution is 7.98. The topological polar surface area (TPSA) is 65.4 Å². The van der Waals surface area contributed by atoms with Crippen LogP contribution in [0.2, 0.25) is 0 Å². The molecule has 0 saturated carbocycles. The molecule has 164 valence electrons. The highest BCUT2D eigenvalue weighted by Gasteiger charge is 2.38. The Labute approximate surface area is 199 Å². The second-order valence-corrected chi connectivity index (χ2v) is 9.77. The zero-order chi connectivity index (χ0) is 22.7. The van der Waals surface area contributed by atoms with E-state index in [0.717, 1.165) is 42.0 Å². The Morgan fingerprint density at radius 1 is 1.06 bits per heavy atom. The average molecular weight is 461 g/mol. The van der Waals surface area contributed by atoms with Crippen LogP contribution in [-0.4, -0.2) is 42.9 Å². The minimum Gasteiger partial charge on any atom is -0.386 e. The van der Waals surface area contributed by atoms with E-state index in [1.54, 1.807) is 23.5 Å². The van der Waals surface area contributed by atoms with Crippen LogP contribution in [0.4, 0.5) is 0 Å². The summed E-state index contributed by atoms with van der Waals surface area (Å²) in [7, 11) is 0. The zero-order valence-electron chi connectivity index (χ0n) is 18.7. The molecule has 0 spiro atoms. The fraction of sp³-hybridized carbons (Fsp3) is 0.308. The van der Waals surface area contributed by atoms with Crippen molar-refractivity contribution in [2.75, 3.05) is 32.1 Å². The van der Waals surface area contributed by atoms with Gasteiger partial charge in [0.25, 0.3) is 0 Å². The lowest BCUT2D eigenvalue weighted by Crippen LogP contribution is -2.41. The Balaban J connectivity index is 1.83. The molecule has 0 fully saturated rings. The van der Waals surface area contributed by atoms with Crippen molar-refractivity contribution in [3.05, 3.63) is 76.5 Å². The van der Waals surface area contributed by atoms with Crippen molar-refractivity contribution in [3.8, 4) is 6.07 Å². The molecule has 2 heterocycles. The molecular formula is C26H28N4S2. The van der Waals surface area contributed by atoms with Crippen LogP contribution in [0.5, 0.6) is 0 Å². The van der Waals surface area contributed by atoms with E-state index in [9.17, 15) is 5.26 Å². The number of thioether (sulfide) groups is 2. The Kier molecular flexibility index (Phi) is 7.10. The van der Waals surface area contributed by atoms with E-state index < -0.39 is 5.92 Å². The number of hydrogen-bond donors (Lipinski definition) is 1. The number of nitrogens with two attached hydrogens (primary N) is 1. The lowest BCUT2D eigenvalue weighted by Gasteiger charge is -2.38. The molecule has 2 atom stereocenters. The molecule has 2 aromatic carbocycles. The van der Waals surface area contributed by atoms with Crippen molar-refractivity contribution in [1.82, 2.24) is 4.90 Å². The first-order chi connectivity index (χ1) is 15.6. The maximum absolute atomic E-state index is 9.99. The van der Waals surface area contributed by atoms with Gasteiger partial charge < -0.3 is 5.73 Å². The van der Waals surface area contributed by atoms with Crippen molar-refractivity contribution >= 4 is 35.4 Å². The number of benzene rings is 2. The minimum absolute atomic E-state index is 0.0833. The summed E-state index contributed by atoms with van der Waals surface area (Å²) < 4.78 is 0. The molecule has 0 bridgehead atoms. The van der Waals surface area contributed by atoms with Gasteiger partial charge in [0, 0.05) is 28.8 Å². The molecule has 2 aromatic rings. The fourth-order valence-corrected chi connectivity index (χ4v) is 5.25. The lowest BCUT2D eigenvalue weighted by atomic mass is 9.75. The molecule has 0 radical (unpaired) electrons. The summed E-state index contributed by atoms with van der Waals surface area (Å²) in [6.45, 7) is 4.75.